The summed E-state index contributed by atoms with van der Waals surface area (Å²) in [6.07, 6.45) is 3.44. The largest absolute Gasteiger partial charge is 4.00 e. The summed E-state index contributed by atoms with van der Waals surface area (Å²) in [4.78, 5) is 0. The van der Waals surface area contributed by atoms with Crippen molar-refractivity contribution in [1.29, 1.82) is 0 Å². The fourth-order valence-electron chi connectivity index (χ4n) is 1.41. The Kier molecular flexibility index (Phi) is 15.5. The van der Waals surface area contributed by atoms with Crippen molar-refractivity contribution in [3.05, 3.63) is 22.8 Å². The molecule has 14 heavy (non-hydrogen) atoms. The first-order chi connectivity index (χ1) is 4.45. The Bertz CT molecular complexity index is 230. The van der Waals surface area contributed by atoms with Crippen molar-refractivity contribution >= 4 is 0 Å². The Balaban J connectivity index is -0.000000125. The Hall–Kier alpha value is 1.63. The van der Waals surface area contributed by atoms with E-state index in [9.17, 15) is 0 Å². The summed E-state index contributed by atoms with van der Waals surface area (Å²) in [5, 5.41) is 0. The van der Waals surface area contributed by atoms with Crippen molar-refractivity contribution in [3.8, 4) is 0 Å². The SMILES string of the molecule is CC1=[C-]C(C)(C)C(C)=C1C.[Br-].[Br-].[Br-].[Ti+4]. The van der Waals surface area contributed by atoms with Crippen molar-refractivity contribution in [1.82, 2.24) is 0 Å². The predicted molar refractivity (Wildman–Crippen MR) is 44.6 cm³/mol. The maximum atomic E-state index is 3.44. The fourth-order valence-corrected chi connectivity index (χ4v) is 1.41. The number of halogens is 3. The van der Waals surface area contributed by atoms with E-state index in [1.54, 1.807) is 0 Å². The molecule has 0 radical (unpaired) electrons. The van der Waals surface area contributed by atoms with Crippen LogP contribution >= 0.6 is 0 Å². The van der Waals surface area contributed by atoms with E-state index in [4.69, 9.17) is 0 Å². The van der Waals surface area contributed by atoms with Gasteiger partial charge in [0.2, 0.25) is 0 Å². The molecule has 0 fully saturated rings. The fraction of sp³-hybridized carbons (Fsp3) is 0.600. The molecule has 0 atom stereocenters. The zero-order valence-corrected chi connectivity index (χ0v) is 15.5. The van der Waals surface area contributed by atoms with E-state index >= 15 is 0 Å². The van der Waals surface area contributed by atoms with Crippen LogP contribution in [0, 0.1) is 11.5 Å². The zero-order valence-electron chi connectivity index (χ0n) is 9.13. The van der Waals surface area contributed by atoms with Gasteiger partial charge in [0.25, 0.3) is 0 Å². The molecule has 1 aliphatic rings. The standard InChI is InChI=1S/C10H15.3BrH.Ti/c1-7-6-10(4,5)9(3)8(7)2;;;;/h1-5H3;3*1H;/q-1;;;;+4/p-3. The maximum absolute atomic E-state index is 3.44. The zero-order chi connectivity index (χ0) is 7.94. The molecule has 80 valence electrons. The van der Waals surface area contributed by atoms with Crippen LogP contribution in [0.2, 0.25) is 0 Å². The third kappa shape index (κ3) is 5.11. The summed E-state index contributed by atoms with van der Waals surface area (Å²) in [7, 11) is 0. The molecule has 0 aromatic rings. The van der Waals surface area contributed by atoms with E-state index in [-0.39, 0.29) is 78.1 Å². The Morgan fingerprint density at radius 3 is 1.36 bits per heavy atom. The smallest absolute Gasteiger partial charge is 1.00 e. The van der Waals surface area contributed by atoms with Gasteiger partial charge in [-0.1, -0.05) is 33.1 Å². The van der Waals surface area contributed by atoms with Gasteiger partial charge in [-0.25, -0.2) is 5.57 Å². The molecule has 0 bridgehead atoms. The molecule has 0 saturated carbocycles. The van der Waals surface area contributed by atoms with Gasteiger partial charge in [0, 0.05) is 0 Å². The van der Waals surface area contributed by atoms with Gasteiger partial charge >= 0.3 is 21.7 Å². The van der Waals surface area contributed by atoms with Crippen molar-refractivity contribution in [2.24, 2.45) is 5.41 Å². The molecule has 4 heteroatoms. The average molecular weight is 423 g/mol. The van der Waals surface area contributed by atoms with Crippen LogP contribution < -0.4 is 50.9 Å². The van der Waals surface area contributed by atoms with Crippen molar-refractivity contribution in [3.63, 3.8) is 0 Å². The molecule has 0 aliphatic heterocycles. The summed E-state index contributed by atoms with van der Waals surface area (Å²) in [6, 6.07) is 0. The van der Waals surface area contributed by atoms with E-state index in [1.807, 2.05) is 0 Å². The van der Waals surface area contributed by atoms with Crippen LogP contribution in [-0.4, -0.2) is 0 Å². The first-order valence-electron chi connectivity index (χ1n) is 3.75. The molecule has 0 nitrogen and oxygen atoms in total. The third-order valence-corrected chi connectivity index (χ3v) is 2.56. The van der Waals surface area contributed by atoms with Gasteiger partial charge in [-0.3, -0.25) is 6.08 Å². The van der Waals surface area contributed by atoms with Gasteiger partial charge in [0.15, 0.2) is 0 Å². The van der Waals surface area contributed by atoms with Crippen LogP contribution in [0.3, 0.4) is 0 Å². The van der Waals surface area contributed by atoms with Crippen molar-refractivity contribution < 1.29 is 72.7 Å². The second kappa shape index (κ2) is 8.75. The minimum atomic E-state index is 0. The van der Waals surface area contributed by atoms with Gasteiger partial charge in [-0.2, -0.15) is 11.1 Å². The topological polar surface area (TPSA) is 0 Å². The number of rotatable bonds is 0. The molecule has 0 spiro atoms. The van der Waals surface area contributed by atoms with Crippen LogP contribution in [0.15, 0.2) is 16.7 Å². The minimum Gasteiger partial charge on any atom is -1.00 e. The second-order valence-corrected chi connectivity index (χ2v) is 3.62. The third-order valence-electron chi connectivity index (χ3n) is 2.56. The van der Waals surface area contributed by atoms with Crippen LogP contribution in [0.5, 0.6) is 0 Å². The van der Waals surface area contributed by atoms with Gasteiger partial charge in [-0.05, 0) is 0 Å². The molecule has 0 aromatic carbocycles. The normalized spacial score (nSPS) is 16.8. The summed E-state index contributed by atoms with van der Waals surface area (Å²) in [6.45, 7) is 10.9. The summed E-state index contributed by atoms with van der Waals surface area (Å²) in [5.41, 5.74) is 4.39. The maximum Gasteiger partial charge on any atom is 4.00 e. The quantitative estimate of drug-likeness (QED) is 0.269. The molecule has 0 N–H and O–H groups in total. The first-order valence-corrected chi connectivity index (χ1v) is 3.75. The average Bonchev–Trinajstić information content (AvgIpc) is 1.95. The second-order valence-electron chi connectivity index (χ2n) is 3.62. The van der Waals surface area contributed by atoms with E-state index in [1.165, 1.54) is 16.7 Å². The molecule has 0 aromatic heterocycles. The van der Waals surface area contributed by atoms with E-state index < -0.39 is 0 Å². The molecule has 0 saturated heterocycles. The minimum absolute atomic E-state index is 0. The van der Waals surface area contributed by atoms with Crippen molar-refractivity contribution in [2.45, 2.75) is 34.6 Å². The summed E-state index contributed by atoms with van der Waals surface area (Å²) >= 11 is 0. The summed E-state index contributed by atoms with van der Waals surface area (Å²) < 4.78 is 0. The Morgan fingerprint density at radius 1 is 0.929 bits per heavy atom. The van der Waals surface area contributed by atoms with Crippen molar-refractivity contribution in [2.75, 3.05) is 0 Å². The molecule has 1 aliphatic carbocycles. The molecular weight excluding hydrogens is 408 g/mol. The number of hydrogen-bond acceptors (Lipinski definition) is 0. The Labute approximate surface area is 134 Å². The molecular formula is C10H15Br3Ti. The Morgan fingerprint density at radius 2 is 1.29 bits per heavy atom. The van der Waals surface area contributed by atoms with Crippen LogP contribution in [0.4, 0.5) is 0 Å². The van der Waals surface area contributed by atoms with E-state index in [0.29, 0.717) is 0 Å². The molecule has 0 amide bonds. The van der Waals surface area contributed by atoms with Crippen LogP contribution in [0.25, 0.3) is 0 Å². The van der Waals surface area contributed by atoms with E-state index in [2.05, 4.69) is 40.7 Å². The number of hydrogen-bond donors (Lipinski definition) is 0. The van der Waals surface area contributed by atoms with Crippen LogP contribution in [0.1, 0.15) is 34.6 Å². The molecule has 1 rings (SSSR count). The van der Waals surface area contributed by atoms with Gasteiger partial charge < -0.3 is 50.9 Å². The summed E-state index contributed by atoms with van der Waals surface area (Å²) in [5.74, 6) is 0. The van der Waals surface area contributed by atoms with Crippen LogP contribution in [-0.2, 0) is 21.7 Å². The number of allylic oxidation sites excluding steroid dienone is 4. The predicted octanol–water partition coefficient (Wildman–Crippen LogP) is -5.88. The molecule has 0 heterocycles. The van der Waals surface area contributed by atoms with Gasteiger partial charge in [0.05, 0.1) is 0 Å². The van der Waals surface area contributed by atoms with Gasteiger partial charge in [0.1, 0.15) is 0 Å². The monoisotopic (exact) mass is 420 g/mol. The van der Waals surface area contributed by atoms with E-state index in [0.717, 1.165) is 0 Å². The first kappa shape index (κ1) is 24.7. The molecule has 0 unspecified atom stereocenters. The van der Waals surface area contributed by atoms with Gasteiger partial charge in [-0.15, -0.1) is 6.92 Å².